The highest BCUT2D eigenvalue weighted by Gasteiger charge is 2.37. The van der Waals surface area contributed by atoms with Crippen molar-refractivity contribution < 1.29 is 0 Å². The molecule has 78 valence electrons. The van der Waals surface area contributed by atoms with Crippen LogP contribution in [0.5, 0.6) is 0 Å². The third kappa shape index (κ3) is 3.28. The second kappa shape index (κ2) is 4.97. The van der Waals surface area contributed by atoms with Crippen LogP contribution >= 0.6 is 0 Å². The van der Waals surface area contributed by atoms with Crippen molar-refractivity contribution >= 4 is 0 Å². The monoisotopic (exact) mass is 184 g/mol. The van der Waals surface area contributed by atoms with Crippen molar-refractivity contribution in [1.29, 1.82) is 0 Å². The Bertz CT molecular complexity index is 139. The molecule has 2 N–H and O–H groups in total. The number of rotatable bonds is 6. The topological polar surface area (TPSA) is 29.3 Å². The highest BCUT2D eigenvalue weighted by Crippen LogP contribution is 2.23. The predicted octanol–water partition coefficient (Wildman–Crippen LogP) is 1.99. The zero-order valence-electron chi connectivity index (χ0n) is 9.18. The highest BCUT2D eigenvalue weighted by atomic mass is 15.2. The number of hydrogen-bond acceptors (Lipinski definition) is 2. The molecule has 0 unspecified atom stereocenters. The quantitative estimate of drug-likeness (QED) is 0.640. The van der Waals surface area contributed by atoms with E-state index in [4.69, 9.17) is 5.73 Å². The zero-order valence-corrected chi connectivity index (χ0v) is 9.18. The van der Waals surface area contributed by atoms with Crippen LogP contribution in [0, 0.1) is 0 Å². The van der Waals surface area contributed by atoms with E-state index < -0.39 is 0 Å². The van der Waals surface area contributed by atoms with Gasteiger partial charge in [-0.05, 0) is 19.4 Å². The summed E-state index contributed by atoms with van der Waals surface area (Å²) in [6.45, 7) is 7.99. The molecule has 0 atom stereocenters. The maximum atomic E-state index is 6.17. The molecular weight excluding hydrogens is 160 g/mol. The summed E-state index contributed by atoms with van der Waals surface area (Å²) in [6.07, 6.45) is 6.44. The van der Waals surface area contributed by atoms with E-state index in [9.17, 15) is 0 Å². The van der Waals surface area contributed by atoms with Crippen molar-refractivity contribution in [1.82, 2.24) is 4.90 Å². The molecule has 0 saturated carbocycles. The molecule has 0 aliphatic carbocycles. The maximum Gasteiger partial charge on any atom is 0.0412 e. The minimum atomic E-state index is 0.168. The number of nitrogens with zero attached hydrogens (tertiary/aromatic N) is 1. The van der Waals surface area contributed by atoms with E-state index in [0.29, 0.717) is 0 Å². The fraction of sp³-hybridized carbons (Fsp3) is 1.00. The van der Waals surface area contributed by atoms with Gasteiger partial charge in [-0.2, -0.15) is 0 Å². The smallest absolute Gasteiger partial charge is 0.0412 e. The molecule has 0 aromatic rings. The predicted molar refractivity (Wildman–Crippen MR) is 57.8 cm³/mol. The fourth-order valence-corrected chi connectivity index (χ4v) is 2.24. The highest BCUT2D eigenvalue weighted by molar-refractivity contribution is 4.99. The Hall–Kier alpha value is -0.0800. The van der Waals surface area contributed by atoms with Gasteiger partial charge in [-0.3, -0.25) is 4.90 Å². The van der Waals surface area contributed by atoms with Crippen molar-refractivity contribution in [3.8, 4) is 0 Å². The summed E-state index contributed by atoms with van der Waals surface area (Å²) in [5.41, 5.74) is 6.33. The third-order valence-corrected chi connectivity index (χ3v) is 2.90. The molecule has 1 fully saturated rings. The maximum absolute atomic E-state index is 6.17. The van der Waals surface area contributed by atoms with E-state index in [0.717, 1.165) is 13.1 Å². The largest absolute Gasteiger partial charge is 0.323 e. The van der Waals surface area contributed by atoms with Gasteiger partial charge in [0.05, 0.1) is 0 Å². The van der Waals surface area contributed by atoms with Crippen LogP contribution < -0.4 is 5.73 Å². The second-order valence-electron chi connectivity index (χ2n) is 4.53. The lowest BCUT2D eigenvalue weighted by atomic mass is 9.86. The minimum Gasteiger partial charge on any atom is -0.323 e. The summed E-state index contributed by atoms with van der Waals surface area (Å²) >= 11 is 0. The molecule has 1 saturated heterocycles. The molecule has 2 heteroatoms. The van der Waals surface area contributed by atoms with E-state index in [1.807, 2.05) is 0 Å². The van der Waals surface area contributed by atoms with Crippen molar-refractivity contribution in [2.24, 2.45) is 5.73 Å². The van der Waals surface area contributed by atoms with Gasteiger partial charge in [0, 0.05) is 18.6 Å². The van der Waals surface area contributed by atoms with Gasteiger partial charge in [0.15, 0.2) is 0 Å². The van der Waals surface area contributed by atoms with Gasteiger partial charge in [-0.15, -0.1) is 0 Å². The molecule has 1 aliphatic rings. The number of unbranched alkanes of at least 4 members (excludes halogenated alkanes) is 2. The first kappa shape index (κ1) is 11.0. The molecule has 0 spiro atoms. The van der Waals surface area contributed by atoms with E-state index in [-0.39, 0.29) is 5.54 Å². The Labute approximate surface area is 82.5 Å². The van der Waals surface area contributed by atoms with Crippen molar-refractivity contribution in [2.45, 2.75) is 51.5 Å². The molecule has 1 rings (SSSR count). The van der Waals surface area contributed by atoms with E-state index >= 15 is 0 Å². The Kier molecular flexibility index (Phi) is 4.20. The van der Waals surface area contributed by atoms with Gasteiger partial charge in [0.25, 0.3) is 0 Å². The van der Waals surface area contributed by atoms with Gasteiger partial charge in [-0.1, -0.05) is 33.1 Å². The third-order valence-electron chi connectivity index (χ3n) is 2.90. The first-order valence-electron chi connectivity index (χ1n) is 5.71. The van der Waals surface area contributed by atoms with Gasteiger partial charge >= 0.3 is 0 Å². The average Bonchev–Trinajstić information content (AvgIpc) is 2.02. The summed E-state index contributed by atoms with van der Waals surface area (Å²) in [5, 5.41) is 0. The molecule has 0 aromatic carbocycles. The van der Waals surface area contributed by atoms with Crippen LogP contribution in [0.25, 0.3) is 0 Å². The Morgan fingerprint density at radius 3 is 2.38 bits per heavy atom. The Morgan fingerprint density at radius 1 is 1.15 bits per heavy atom. The summed E-state index contributed by atoms with van der Waals surface area (Å²) in [4.78, 5) is 2.49. The van der Waals surface area contributed by atoms with Gasteiger partial charge in [0.1, 0.15) is 0 Å². The second-order valence-corrected chi connectivity index (χ2v) is 4.53. The van der Waals surface area contributed by atoms with Crippen molar-refractivity contribution in [3.63, 3.8) is 0 Å². The van der Waals surface area contributed by atoms with Crippen LogP contribution in [0.3, 0.4) is 0 Å². The van der Waals surface area contributed by atoms with Crippen LogP contribution in [0.2, 0.25) is 0 Å². The van der Waals surface area contributed by atoms with Crippen LogP contribution in [0.15, 0.2) is 0 Å². The van der Waals surface area contributed by atoms with Crippen LogP contribution in [0.4, 0.5) is 0 Å². The van der Waals surface area contributed by atoms with Crippen LogP contribution in [0.1, 0.15) is 46.0 Å². The summed E-state index contributed by atoms with van der Waals surface area (Å²) < 4.78 is 0. The van der Waals surface area contributed by atoms with E-state index in [1.54, 1.807) is 0 Å². The lowest BCUT2D eigenvalue weighted by Crippen LogP contribution is -2.67. The molecule has 1 heterocycles. The Balaban J connectivity index is 2.03. The first-order chi connectivity index (χ1) is 6.20. The SMILES string of the molecule is CCCCCN1CC(N)(CCC)C1. The lowest BCUT2D eigenvalue weighted by molar-refractivity contribution is 0.0624. The van der Waals surface area contributed by atoms with Crippen LogP contribution in [-0.4, -0.2) is 30.1 Å². The molecule has 2 nitrogen and oxygen atoms in total. The molecule has 0 radical (unpaired) electrons. The average molecular weight is 184 g/mol. The summed E-state index contributed by atoms with van der Waals surface area (Å²) in [6, 6.07) is 0. The molecule has 1 aliphatic heterocycles. The molecule has 0 aromatic heterocycles. The number of likely N-dealkylation sites (tertiary alicyclic amines) is 1. The number of nitrogens with two attached hydrogens (primary N) is 1. The van der Waals surface area contributed by atoms with Crippen LogP contribution in [-0.2, 0) is 0 Å². The summed E-state index contributed by atoms with van der Waals surface area (Å²) in [7, 11) is 0. The van der Waals surface area contributed by atoms with Gasteiger partial charge in [0.2, 0.25) is 0 Å². The first-order valence-corrected chi connectivity index (χ1v) is 5.71. The summed E-state index contributed by atoms with van der Waals surface area (Å²) in [5.74, 6) is 0. The van der Waals surface area contributed by atoms with E-state index in [1.165, 1.54) is 38.6 Å². The van der Waals surface area contributed by atoms with E-state index in [2.05, 4.69) is 18.7 Å². The zero-order chi connectivity index (χ0) is 9.73. The van der Waals surface area contributed by atoms with Gasteiger partial charge in [-0.25, -0.2) is 0 Å². The molecule has 0 amide bonds. The molecule has 0 bridgehead atoms. The van der Waals surface area contributed by atoms with Crippen molar-refractivity contribution in [2.75, 3.05) is 19.6 Å². The minimum absolute atomic E-state index is 0.168. The molecular formula is C11H24N2. The fourth-order valence-electron chi connectivity index (χ4n) is 2.24. The van der Waals surface area contributed by atoms with Crippen molar-refractivity contribution in [3.05, 3.63) is 0 Å². The normalized spacial score (nSPS) is 21.5. The molecule has 13 heavy (non-hydrogen) atoms. The number of hydrogen-bond donors (Lipinski definition) is 1. The standard InChI is InChI=1S/C11H24N2/c1-3-5-6-8-13-9-11(12,10-13)7-4-2/h3-10,12H2,1-2H3. The van der Waals surface area contributed by atoms with Gasteiger partial charge < -0.3 is 5.73 Å². The lowest BCUT2D eigenvalue weighted by Gasteiger charge is -2.48. The Morgan fingerprint density at radius 2 is 1.85 bits per heavy atom.